The molecule has 120 valence electrons. The van der Waals surface area contributed by atoms with Crippen molar-refractivity contribution in [2.75, 3.05) is 12.3 Å². The van der Waals surface area contributed by atoms with Gasteiger partial charge in [-0.3, -0.25) is 9.78 Å². The largest absolute Gasteiger partial charge is 0.326 e. The van der Waals surface area contributed by atoms with Crippen molar-refractivity contribution in [1.29, 1.82) is 0 Å². The molecule has 0 spiro atoms. The average molecular weight is 330 g/mol. The maximum absolute atomic E-state index is 13.2. The van der Waals surface area contributed by atoms with Gasteiger partial charge >= 0.3 is 0 Å². The molecular formula is C18H19FN2OS. The normalized spacial score (nSPS) is 18.0. The first kappa shape index (κ1) is 16.0. The van der Waals surface area contributed by atoms with Crippen molar-refractivity contribution in [3.63, 3.8) is 0 Å². The monoisotopic (exact) mass is 330 g/mol. The van der Waals surface area contributed by atoms with Crippen LogP contribution >= 0.6 is 11.8 Å². The highest BCUT2D eigenvalue weighted by molar-refractivity contribution is 8.00. The van der Waals surface area contributed by atoms with E-state index in [9.17, 15) is 9.18 Å². The van der Waals surface area contributed by atoms with Gasteiger partial charge in [0.15, 0.2) is 0 Å². The molecular weight excluding hydrogens is 311 g/mol. The maximum Gasteiger partial charge on any atom is 0.233 e. The third-order valence-electron chi connectivity index (χ3n) is 3.81. The first-order valence-electron chi connectivity index (χ1n) is 7.67. The zero-order chi connectivity index (χ0) is 16.4. The highest BCUT2D eigenvalue weighted by Crippen LogP contribution is 2.42. The van der Waals surface area contributed by atoms with E-state index in [1.54, 1.807) is 36.3 Å². The van der Waals surface area contributed by atoms with Gasteiger partial charge in [0.25, 0.3) is 0 Å². The Bertz CT molecular complexity index is 702. The molecule has 2 aromatic rings. The molecule has 3 nitrogen and oxygen atoms in total. The number of hydrogen-bond donors (Lipinski definition) is 0. The summed E-state index contributed by atoms with van der Waals surface area (Å²) < 4.78 is 13.2. The summed E-state index contributed by atoms with van der Waals surface area (Å²) in [5.41, 5.74) is 2.93. The van der Waals surface area contributed by atoms with Crippen LogP contribution in [0.2, 0.25) is 0 Å². The van der Waals surface area contributed by atoms with Crippen LogP contribution < -0.4 is 0 Å². The van der Waals surface area contributed by atoms with Crippen LogP contribution in [0.15, 0.2) is 42.7 Å². The Labute approximate surface area is 139 Å². The number of hydrogen-bond acceptors (Lipinski definition) is 3. The summed E-state index contributed by atoms with van der Waals surface area (Å²) in [6, 6.07) is 8.37. The second-order valence-electron chi connectivity index (χ2n) is 6.07. The molecule has 1 aromatic heterocycles. The van der Waals surface area contributed by atoms with Crippen LogP contribution in [-0.2, 0) is 4.79 Å². The molecule has 0 saturated carbocycles. The zero-order valence-corrected chi connectivity index (χ0v) is 14.0. The van der Waals surface area contributed by atoms with E-state index in [0.29, 0.717) is 11.7 Å². The molecule has 0 aliphatic carbocycles. The number of benzene rings is 1. The molecule has 1 amide bonds. The number of thioether (sulfide) groups is 1. The molecule has 5 heteroatoms. The van der Waals surface area contributed by atoms with Crippen molar-refractivity contribution in [1.82, 2.24) is 9.88 Å². The van der Waals surface area contributed by atoms with Crippen molar-refractivity contribution < 1.29 is 9.18 Å². The smallest absolute Gasteiger partial charge is 0.233 e. The summed E-state index contributed by atoms with van der Waals surface area (Å²) in [6.45, 7) is 4.96. The molecule has 1 unspecified atom stereocenters. The fourth-order valence-corrected chi connectivity index (χ4v) is 4.03. The Morgan fingerprint density at radius 3 is 2.74 bits per heavy atom. The molecule has 1 aromatic carbocycles. The van der Waals surface area contributed by atoms with Gasteiger partial charge in [0.05, 0.1) is 5.75 Å². The lowest BCUT2D eigenvalue weighted by molar-refractivity contribution is -0.128. The van der Waals surface area contributed by atoms with Crippen molar-refractivity contribution in [3.8, 4) is 11.1 Å². The third-order valence-corrected chi connectivity index (χ3v) is 5.04. The minimum atomic E-state index is -0.258. The number of pyridine rings is 1. The summed E-state index contributed by atoms with van der Waals surface area (Å²) in [5, 5.41) is -0.00652. The molecule has 23 heavy (non-hydrogen) atoms. The minimum absolute atomic E-state index is 0.00652. The van der Waals surface area contributed by atoms with Gasteiger partial charge in [-0.05, 0) is 35.2 Å². The van der Waals surface area contributed by atoms with E-state index in [1.807, 2.05) is 11.0 Å². The standard InChI is InChI=1S/C18H19FN2OS/c1-12(2)10-21-17(22)11-23-18(21)15-7-8-20-9-16(15)13-3-5-14(19)6-4-13/h3-9,12,18H,10-11H2,1-2H3. The van der Waals surface area contributed by atoms with Crippen LogP contribution in [0.3, 0.4) is 0 Å². The number of aromatic nitrogens is 1. The Balaban J connectivity index is 1.99. The first-order chi connectivity index (χ1) is 11.1. The summed E-state index contributed by atoms with van der Waals surface area (Å²) in [5.74, 6) is 0.834. The number of carbonyl (C=O) groups is 1. The van der Waals surface area contributed by atoms with E-state index in [2.05, 4.69) is 18.8 Å². The van der Waals surface area contributed by atoms with Crippen LogP contribution in [0.25, 0.3) is 11.1 Å². The van der Waals surface area contributed by atoms with E-state index in [-0.39, 0.29) is 17.1 Å². The summed E-state index contributed by atoms with van der Waals surface area (Å²) in [4.78, 5) is 18.4. The fraction of sp³-hybridized carbons (Fsp3) is 0.333. The molecule has 1 aliphatic heterocycles. The van der Waals surface area contributed by atoms with Crippen molar-refractivity contribution in [2.24, 2.45) is 5.92 Å². The number of carbonyl (C=O) groups excluding carboxylic acids is 1. The Kier molecular flexibility index (Phi) is 4.66. The van der Waals surface area contributed by atoms with Gasteiger partial charge in [-0.1, -0.05) is 26.0 Å². The van der Waals surface area contributed by atoms with Crippen molar-refractivity contribution >= 4 is 17.7 Å². The van der Waals surface area contributed by atoms with Crippen LogP contribution in [0, 0.1) is 11.7 Å². The third kappa shape index (κ3) is 3.39. The van der Waals surface area contributed by atoms with E-state index < -0.39 is 0 Å². The van der Waals surface area contributed by atoms with E-state index in [4.69, 9.17) is 0 Å². The molecule has 2 heterocycles. The van der Waals surface area contributed by atoms with Gasteiger partial charge in [0.1, 0.15) is 11.2 Å². The van der Waals surface area contributed by atoms with Crippen LogP contribution in [0.1, 0.15) is 24.8 Å². The molecule has 0 radical (unpaired) electrons. The number of rotatable bonds is 4. The van der Waals surface area contributed by atoms with Crippen molar-refractivity contribution in [2.45, 2.75) is 19.2 Å². The van der Waals surface area contributed by atoms with Gasteiger partial charge in [-0.2, -0.15) is 0 Å². The number of nitrogens with zero attached hydrogens (tertiary/aromatic N) is 2. The first-order valence-corrected chi connectivity index (χ1v) is 8.72. The van der Waals surface area contributed by atoms with Crippen LogP contribution in [0.5, 0.6) is 0 Å². The Hall–Kier alpha value is -1.88. The topological polar surface area (TPSA) is 33.2 Å². The van der Waals surface area contributed by atoms with Crippen LogP contribution in [-0.4, -0.2) is 28.1 Å². The van der Waals surface area contributed by atoms with Crippen LogP contribution in [0.4, 0.5) is 4.39 Å². The maximum atomic E-state index is 13.2. The van der Waals surface area contributed by atoms with Gasteiger partial charge in [0.2, 0.25) is 5.91 Å². The predicted octanol–water partition coefficient (Wildman–Crippen LogP) is 4.12. The predicted molar refractivity (Wildman–Crippen MR) is 91.4 cm³/mol. The fourth-order valence-electron chi connectivity index (χ4n) is 2.79. The number of amides is 1. The number of halogens is 1. The second kappa shape index (κ2) is 6.71. The molecule has 0 N–H and O–H groups in total. The van der Waals surface area contributed by atoms with Crippen molar-refractivity contribution in [3.05, 3.63) is 54.1 Å². The lowest BCUT2D eigenvalue weighted by Gasteiger charge is -2.27. The average Bonchev–Trinajstić information content (AvgIpc) is 2.88. The van der Waals surface area contributed by atoms with Gasteiger partial charge in [-0.15, -0.1) is 11.8 Å². The lowest BCUT2D eigenvalue weighted by atomic mass is 10.0. The van der Waals surface area contributed by atoms with Gasteiger partial charge < -0.3 is 4.90 Å². The molecule has 1 atom stereocenters. The minimum Gasteiger partial charge on any atom is -0.326 e. The van der Waals surface area contributed by atoms with E-state index in [0.717, 1.165) is 23.2 Å². The molecule has 1 fully saturated rings. The molecule has 1 aliphatic rings. The quantitative estimate of drug-likeness (QED) is 0.845. The Morgan fingerprint density at radius 1 is 1.30 bits per heavy atom. The highest BCUT2D eigenvalue weighted by atomic mass is 32.2. The zero-order valence-electron chi connectivity index (χ0n) is 13.2. The Morgan fingerprint density at radius 2 is 2.04 bits per heavy atom. The summed E-state index contributed by atoms with van der Waals surface area (Å²) in [6.07, 6.45) is 3.54. The summed E-state index contributed by atoms with van der Waals surface area (Å²) in [7, 11) is 0. The summed E-state index contributed by atoms with van der Waals surface area (Å²) >= 11 is 1.64. The highest BCUT2D eigenvalue weighted by Gasteiger charge is 2.34. The lowest BCUT2D eigenvalue weighted by Crippen LogP contribution is -2.31. The van der Waals surface area contributed by atoms with Gasteiger partial charge in [-0.25, -0.2) is 4.39 Å². The molecule has 0 bridgehead atoms. The van der Waals surface area contributed by atoms with E-state index in [1.165, 1.54) is 12.1 Å². The SMILES string of the molecule is CC(C)CN1C(=O)CSC1c1ccncc1-c1ccc(F)cc1. The molecule has 3 rings (SSSR count). The second-order valence-corrected chi connectivity index (χ2v) is 7.14. The molecule has 1 saturated heterocycles. The van der Waals surface area contributed by atoms with E-state index >= 15 is 0 Å². The van der Waals surface area contributed by atoms with Gasteiger partial charge in [0, 0.05) is 24.5 Å².